The Kier molecular flexibility index (Phi) is 16.1. The number of hydrogen-bond acceptors (Lipinski definition) is 12. The molecule has 356 valence electrons. The summed E-state index contributed by atoms with van der Waals surface area (Å²) >= 11 is 0. The van der Waals surface area contributed by atoms with E-state index in [0.29, 0.717) is 72.7 Å². The maximum Gasteiger partial charge on any atom is 0.407 e. The number of likely N-dealkylation sites (tertiary alicyclic amines) is 2. The van der Waals surface area contributed by atoms with Gasteiger partial charge >= 0.3 is 12.2 Å². The Bertz CT molecular complexity index is 2460. The van der Waals surface area contributed by atoms with Gasteiger partial charge in [-0.2, -0.15) is 0 Å². The van der Waals surface area contributed by atoms with Crippen LogP contribution in [0.4, 0.5) is 9.59 Å². The summed E-state index contributed by atoms with van der Waals surface area (Å²) in [5.74, 6) is 1.67. The van der Waals surface area contributed by atoms with E-state index in [2.05, 4.69) is 20.6 Å². The molecule has 0 saturated carbocycles. The van der Waals surface area contributed by atoms with E-state index in [4.69, 9.17) is 38.4 Å². The van der Waals surface area contributed by atoms with Gasteiger partial charge in [-0.3, -0.25) is 9.59 Å². The number of nitrogens with zero attached hydrogens (tertiary/aromatic N) is 4. The lowest BCUT2D eigenvalue weighted by Crippen LogP contribution is -2.51. The lowest BCUT2D eigenvalue weighted by atomic mass is 9.98. The van der Waals surface area contributed by atoms with Gasteiger partial charge in [0.25, 0.3) is 5.91 Å². The van der Waals surface area contributed by atoms with Crippen molar-refractivity contribution < 1.29 is 47.6 Å². The molecule has 4 amide bonds. The third-order valence-electron chi connectivity index (χ3n) is 12.1. The van der Waals surface area contributed by atoms with Gasteiger partial charge in [0.05, 0.1) is 63.3 Å². The minimum absolute atomic E-state index is 0.141. The summed E-state index contributed by atoms with van der Waals surface area (Å²) in [7, 11) is 5.76. The highest BCUT2D eigenvalue weighted by atomic mass is 16.6. The maximum absolute atomic E-state index is 14.2. The van der Waals surface area contributed by atoms with Gasteiger partial charge in [0, 0.05) is 38.4 Å². The highest BCUT2D eigenvalue weighted by molar-refractivity contribution is 5.88. The molecule has 5 aromatic rings. The SMILES string of the molecule is COCCOc1c(-c2ccc(-c3cnc(C4CCCN4C(=O)C(NC(=O)OC)C(C)C)[nH]3)cc2)ccc(-c2cnc(C3CCCN3C(=O)C(NC(=O)OC)c3ccccc3)[nH]2)c1OCCOC. The molecule has 0 radical (unpaired) electrons. The average Bonchev–Trinajstić information content (AvgIpc) is 4.20. The second-order valence-electron chi connectivity index (χ2n) is 16.7. The number of alkyl carbamates (subject to hydrolysis) is 2. The van der Waals surface area contributed by atoms with E-state index >= 15 is 0 Å². The van der Waals surface area contributed by atoms with Crippen molar-refractivity contribution >= 4 is 24.0 Å². The van der Waals surface area contributed by atoms with Crippen molar-refractivity contribution in [3.05, 3.63) is 96.3 Å². The van der Waals surface area contributed by atoms with Crippen LogP contribution in [0.15, 0.2) is 79.1 Å². The van der Waals surface area contributed by atoms with Crippen molar-refractivity contribution in [2.24, 2.45) is 5.92 Å². The number of benzene rings is 3. The molecule has 4 unspecified atom stereocenters. The van der Waals surface area contributed by atoms with Gasteiger partial charge in [0.1, 0.15) is 36.9 Å². The molecule has 2 fully saturated rings. The number of rotatable bonds is 19. The summed E-state index contributed by atoms with van der Waals surface area (Å²) in [6.45, 7) is 5.96. The molecule has 18 heteroatoms. The van der Waals surface area contributed by atoms with Crippen molar-refractivity contribution in [1.82, 2.24) is 40.4 Å². The molecule has 4 N–H and O–H groups in total. The molecule has 67 heavy (non-hydrogen) atoms. The van der Waals surface area contributed by atoms with Crippen LogP contribution in [-0.2, 0) is 28.5 Å². The van der Waals surface area contributed by atoms with Gasteiger partial charge in [-0.1, -0.05) is 68.4 Å². The third-order valence-corrected chi connectivity index (χ3v) is 12.1. The van der Waals surface area contributed by atoms with Crippen LogP contribution in [0, 0.1) is 5.92 Å². The zero-order chi connectivity index (χ0) is 47.5. The molecule has 0 aliphatic carbocycles. The van der Waals surface area contributed by atoms with E-state index in [-0.39, 0.29) is 43.0 Å². The summed E-state index contributed by atoms with van der Waals surface area (Å²) in [5.41, 5.74) is 5.31. The number of imidazole rings is 2. The molecule has 2 aliphatic rings. The Hall–Kier alpha value is -6.92. The van der Waals surface area contributed by atoms with Crippen LogP contribution in [-0.4, -0.2) is 128 Å². The number of amides is 4. The predicted molar refractivity (Wildman–Crippen MR) is 248 cm³/mol. The average molecular weight is 921 g/mol. The molecule has 0 spiro atoms. The molecule has 7 rings (SSSR count). The summed E-state index contributed by atoms with van der Waals surface area (Å²) in [6, 6.07) is 18.7. The lowest BCUT2D eigenvalue weighted by molar-refractivity contribution is -0.135. The van der Waals surface area contributed by atoms with Crippen LogP contribution < -0.4 is 20.1 Å². The first kappa shape index (κ1) is 48.0. The van der Waals surface area contributed by atoms with Crippen LogP contribution >= 0.6 is 0 Å². The van der Waals surface area contributed by atoms with E-state index in [9.17, 15) is 19.2 Å². The van der Waals surface area contributed by atoms with Crippen LogP contribution in [0.25, 0.3) is 33.6 Å². The Morgan fingerprint density at radius 2 is 1.16 bits per heavy atom. The van der Waals surface area contributed by atoms with Gasteiger partial charge in [-0.25, -0.2) is 19.6 Å². The molecule has 2 aromatic heterocycles. The second kappa shape index (κ2) is 22.5. The van der Waals surface area contributed by atoms with E-state index in [1.807, 2.05) is 68.4 Å². The molecule has 18 nitrogen and oxygen atoms in total. The van der Waals surface area contributed by atoms with Crippen molar-refractivity contribution in [3.63, 3.8) is 0 Å². The van der Waals surface area contributed by atoms with E-state index in [1.54, 1.807) is 48.5 Å². The first-order valence-corrected chi connectivity index (χ1v) is 22.5. The standard InChI is InChI=1S/C49H60N8O10/c1-30(2)40(54-48(60)64-5)46(58)56-22-10-14-38(56)44-50-28-36(52-44)32-18-16-31(17-19-32)34-20-21-35(43(67-27-25-63-4)42(34)66-26-24-62-3)37-29-51-45(53-37)39-15-11-23-57(39)47(59)41(55-49(61)65-6)33-12-8-7-9-13-33/h7-9,12-13,16-21,28-30,38-41H,10-11,14-15,22-27H2,1-6H3,(H,50,52)(H,51,53)(H,54,60)(H,55,61). The van der Waals surface area contributed by atoms with Crippen LogP contribution in [0.2, 0.25) is 0 Å². The Morgan fingerprint density at radius 1 is 0.642 bits per heavy atom. The van der Waals surface area contributed by atoms with Crippen molar-refractivity contribution in [1.29, 1.82) is 0 Å². The van der Waals surface area contributed by atoms with Gasteiger partial charge < -0.3 is 58.8 Å². The number of nitrogens with one attached hydrogen (secondary N) is 4. The number of aromatic amines is 2. The number of H-pyrrole nitrogens is 2. The highest BCUT2D eigenvalue weighted by Gasteiger charge is 2.39. The van der Waals surface area contributed by atoms with Crippen molar-refractivity contribution in [2.75, 3.05) is 68.0 Å². The van der Waals surface area contributed by atoms with Crippen molar-refractivity contribution in [2.45, 2.75) is 63.7 Å². The number of hydrogen-bond donors (Lipinski definition) is 4. The summed E-state index contributed by atoms with van der Waals surface area (Å²) in [6.07, 6.45) is 5.12. The molecule has 4 heterocycles. The molecule has 3 aromatic carbocycles. The summed E-state index contributed by atoms with van der Waals surface area (Å²) in [5, 5.41) is 5.42. The normalized spacial score (nSPS) is 16.7. The molecule has 2 aliphatic heterocycles. The molecular weight excluding hydrogens is 861 g/mol. The zero-order valence-corrected chi connectivity index (χ0v) is 38.8. The molecule has 2 saturated heterocycles. The second-order valence-corrected chi connectivity index (χ2v) is 16.7. The number of methoxy groups -OCH3 is 4. The molecular formula is C49H60N8O10. The monoisotopic (exact) mass is 920 g/mol. The van der Waals surface area contributed by atoms with Crippen molar-refractivity contribution in [3.8, 4) is 45.1 Å². The third kappa shape index (κ3) is 11.0. The largest absolute Gasteiger partial charge is 0.487 e. The fraction of sp³-hybridized carbons (Fsp3) is 0.429. The van der Waals surface area contributed by atoms with Gasteiger partial charge in [-0.15, -0.1) is 0 Å². The highest BCUT2D eigenvalue weighted by Crippen LogP contribution is 2.46. The fourth-order valence-corrected chi connectivity index (χ4v) is 8.65. The molecule has 0 bridgehead atoms. The number of ether oxygens (including phenoxy) is 6. The smallest absolute Gasteiger partial charge is 0.407 e. The first-order valence-electron chi connectivity index (χ1n) is 22.5. The van der Waals surface area contributed by atoms with Crippen LogP contribution in [0.5, 0.6) is 11.5 Å². The minimum atomic E-state index is -0.947. The Labute approximate surface area is 390 Å². The van der Waals surface area contributed by atoms with Crippen LogP contribution in [0.3, 0.4) is 0 Å². The lowest BCUT2D eigenvalue weighted by Gasteiger charge is -2.30. The minimum Gasteiger partial charge on any atom is -0.487 e. The van der Waals surface area contributed by atoms with E-state index < -0.39 is 24.3 Å². The fourth-order valence-electron chi connectivity index (χ4n) is 8.65. The quantitative estimate of drug-likeness (QED) is 0.0618. The summed E-state index contributed by atoms with van der Waals surface area (Å²) in [4.78, 5) is 72.4. The maximum atomic E-state index is 14.2. The van der Waals surface area contributed by atoms with Crippen LogP contribution in [0.1, 0.15) is 74.9 Å². The first-order chi connectivity index (χ1) is 32.6. The van der Waals surface area contributed by atoms with Gasteiger partial charge in [0.2, 0.25) is 5.91 Å². The number of carbonyl (C=O) groups is 4. The van der Waals surface area contributed by atoms with E-state index in [1.165, 1.54) is 14.2 Å². The summed E-state index contributed by atoms with van der Waals surface area (Å²) < 4.78 is 33.4. The topological polar surface area (TPSA) is 212 Å². The van der Waals surface area contributed by atoms with Gasteiger partial charge in [-0.05, 0) is 60.4 Å². The van der Waals surface area contributed by atoms with E-state index in [0.717, 1.165) is 41.6 Å². The predicted octanol–water partition coefficient (Wildman–Crippen LogP) is 6.99. The molecule has 4 atom stereocenters. The van der Waals surface area contributed by atoms with Gasteiger partial charge in [0.15, 0.2) is 11.5 Å². The number of carbonyl (C=O) groups excluding carboxylic acids is 4. The zero-order valence-electron chi connectivity index (χ0n) is 38.8. The Morgan fingerprint density at radius 3 is 1.75 bits per heavy atom. The Balaban J connectivity index is 1.16. The number of aromatic nitrogens is 4.